The molecule has 17 heavy (non-hydrogen) atoms. The fraction of sp³-hybridized carbons (Fsp3) is 0.462. The Hall–Kier alpha value is -1.55. The highest BCUT2D eigenvalue weighted by Gasteiger charge is 2.08. The zero-order valence-corrected chi connectivity index (χ0v) is 10.4. The molecule has 1 N–H and O–H groups in total. The number of hydrogen-bond donors (Lipinski definition) is 1. The van der Waals surface area contributed by atoms with E-state index in [-0.39, 0.29) is 17.6 Å². The number of carbonyl (C=O) groups is 1. The molecule has 0 saturated heterocycles. The van der Waals surface area contributed by atoms with Gasteiger partial charge in [0.1, 0.15) is 18.1 Å². The van der Waals surface area contributed by atoms with Crippen molar-refractivity contribution in [3.05, 3.63) is 23.8 Å². The molecule has 0 bridgehead atoms. The number of ketones is 1. The number of aromatic hydroxyl groups is 1. The van der Waals surface area contributed by atoms with Gasteiger partial charge in [-0.1, -0.05) is 0 Å². The Morgan fingerprint density at radius 3 is 2.71 bits per heavy atom. The van der Waals surface area contributed by atoms with Crippen LogP contribution in [0.5, 0.6) is 11.5 Å². The van der Waals surface area contributed by atoms with E-state index in [0.717, 1.165) is 0 Å². The minimum absolute atomic E-state index is 0.00498. The number of phenolic OH excluding ortho intramolecular Hbond substituents is 1. The lowest BCUT2D eigenvalue weighted by Gasteiger charge is -2.13. The first-order chi connectivity index (χ1) is 8.04. The van der Waals surface area contributed by atoms with Crippen molar-refractivity contribution in [2.45, 2.75) is 26.9 Å². The van der Waals surface area contributed by atoms with Gasteiger partial charge in [-0.05, 0) is 32.9 Å². The minimum Gasteiger partial charge on any atom is -0.507 e. The number of phenols is 1. The number of ether oxygens (including phenoxy) is 2. The number of hydrogen-bond acceptors (Lipinski definition) is 4. The van der Waals surface area contributed by atoms with Crippen molar-refractivity contribution >= 4 is 5.78 Å². The maximum atomic E-state index is 11.1. The number of Topliss-reactive ketones (excluding diaryl/α,β-unsaturated/α-hetero) is 1. The summed E-state index contributed by atoms with van der Waals surface area (Å²) in [5.41, 5.74) is 0.301. The number of carbonyl (C=O) groups excluding carboxylic acids is 1. The topological polar surface area (TPSA) is 55.8 Å². The van der Waals surface area contributed by atoms with E-state index in [1.807, 2.05) is 13.8 Å². The maximum Gasteiger partial charge on any atom is 0.163 e. The van der Waals surface area contributed by atoms with Crippen LogP contribution >= 0.6 is 0 Å². The van der Waals surface area contributed by atoms with Crippen molar-refractivity contribution < 1.29 is 19.4 Å². The predicted molar refractivity (Wildman–Crippen MR) is 64.7 cm³/mol. The summed E-state index contributed by atoms with van der Waals surface area (Å²) in [7, 11) is 0. The first-order valence-electron chi connectivity index (χ1n) is 5.63. The van der Waals surface area contributed by atoms with Gasteiger partial charge in [0.15, 0.2) is 5.78 Å². The van der Waals surface area contributed by atoms with Crippen LogP contribution in [0.15, 0.2) is 18.2 Å². The molecule has 0 aliphatic carbocycles. The molecule has 0 heterocycles. The van der Waals surface area contributed by atoms with E-state index in [0.29, 0.717) is 24.5 Å². The second-order valence-corrected chi connectivity index (χ2v) is 3.81. The molecule has 1 unspecified atom stereocenters. The summed E-state index contributed by atoms with van der Waals surface area (Å²) in [5, 5.41) is 9.60. The van der Waals surface area contributed by atoms with Crippen molar-refractivity contribution in [1.29, 1.82) is 0 Å². The second kappa shape index (κ2) is 6.25. The smallest absolute Gasteiger partial charge is 0.163 e. The summed E-state index contributed by atoms with van der Waals surface area (Å²) >= 11 is 0. The van der Waals surface area contributed by atoms with E-state index in [2.05, 4.69) is 0 Å². The van der Waals surface area contributed by atoms with Crippen molar-refractivity contribution in [2.24, 2.45) is 0 Å². The standard InChI is InChI=1S/C13H18O4/c1-4-16-9(2)8-17-11-5-6-12(10(3)14)13(15)7-11/h5-7,9,15H,4,8H2,1-3H3. The average Bonchev–Trinajstić information content (AvgIpc) is 2.26. The van der Waals surface area contributed by atoms with Gasteiger partial charge in [-0.15, -0.1) is 0 Å². The van der Waals surface area contributed by atoms with Crippen molar-refractivity contribution in [2.75, 3.05) is 13.2 Å². The summed E-state index contributed by atoms with van der Waals surface area (Å²) in [6, 6.07) is 4.66. The lowest BCUT2D eigenvalue weighted by atomic mass is 10.1. The van der Waals surface area contributed by atoms with Gasteiger partial charge >= 0.3 is 0 Å². The Bertz CT molecular complexity index is 387. The van der Waals surface area contributed by atoms with Gasteiger partial charge < -0.3 is 14.6 Å². The molecule has 1 aromatic rings. The number of benzene rings is 1. The first-order valence-corrected chi connectivity index (χ1v) is 5.63. The van der Waals surface area contributed by atoms with E-state index < -0.39 is 0 Å². The van der Waals surface area contributed by atoms with Gasteiger partial charge in [0.25, 0.3) is 0 Å². The molecule has 94 valence electrons. The molecule has 0 aliphatic heterocycles. The van der Waals surface area contributed by atoms with Gasteiger partial charge in [-0.3, -0.25) is 4.79 Å². The molecule has 1 rings (SSSR count). The summed E-state index contributed by atoms with van der Waals surface area (Å²) in [6.07, 6.45) is -0.00498. The third-order valence-corrected chi connectivity index (χ3v) is 2.28. The second-order valence-electron chi connectivity index (χ2n) is 3.81. The Labute approximate surface area is 101 Å². The van der Waals surface area contributed by atoms with Crippen molar-refractivity contribution in [1.82, 2.24) is 0 Å². The van der Waals surface area contributed by atoms with E-state index in [4.69, 9.17) is 9.47 Å². The van der Waals surface area contributed by atoms with E-state index in [1.165, 1.54) is 13.0 Å². The molecule has 1 atom stereocenters. The predicted octanol–water partition coefficient (Wildman–Crippen LogP) is 2.40. The zero-order valence-electron chi connectivity index (χ0n) is 10.4. The average molecular weight is 238 g/mol. The molecule has 0 aromatic heterocycles. The zero-order chi connectivity index (χ0) is 12.8. The van der Waals surface area contributed by atoms with Crippen LogP contribution in [-0.4, -0.2) is 30.2 Å². The molecule has 0 radical (unpaired) electrons. The van der Waals surface area contributed by atoms with Crippen LogP contribution in [0, 0.1) is 0 Å². The largest absolute Gasteiger partial charge is 0.507 e. The van der Waals surface area contributed by atoms with Gasteiger partial charge in [-0.2, -0.15) is 0 Å². The molecular weight excluding hydrogens is 220 g/mol. The van der Waals surface area contributed by atoms with E-state index >= 15 is 0 Å². The fourth-order valence-corrected chi connectivity index (χ4v) is 1.45. The quantitative estimate of drug-likeness (QED) is 0.773. The Morgan fingerprint density at radius 2 is 2.18 bits per heavy atom. The molecule has 0 fully saturated rings. The van der Waals surface area contributed by atoms with Crippen LogP contribution in [0.1, 0.15) is 31.1 Å². The van der Waals surface area contributed by atoms with Crippen LogP contribution < -0.4 is 4.74 Å². The van der Waals surface area contributed by atoms with Crippen LogP contribution in [0.25, 0.3) is 0 Å². The molecule has 4 nitrogen and oxygen atoms in total. The highest BCUT2D eigenvalue weighted by atomic mass is 16.5. The van der Waals surface area contributed by atoms with Crippen molar-refractivity contribution in [3.63, 3.8) is 0 Å². The normalized spacial score (nSPS) is 12.2. The van der Waals surface area contributed by atoms with Crippen LogP contribution in [0.2, 0.25) is 0 Å². The van der Waals surface area contributed by atoms with Gasteiger partial charge in [0, 0.05) is 12.7 Å². The third kappa shape index (κ3) is 4.07. The Balaban J connectivity index is 2.62. The van der Waals surface area contributed by atoms with Gasteiger partial charge in [0.2, 0.25) is 0 Å². The first kappa shape index (κ1) is 13.5. The van der Waals surface area contributed by atoms with E-state index in [1.54, 1.807) is 12.1 Å². The molecule has 0 amide bonds. The molecule has 0 aliphatic rings. The molecule has 0 saturated carbocycles. The fourth-order valence-electron chi connectivity index (χ4n) is 1.45. The van der Waals surface area contributed by atoms with Crippen LogP contribution in [-0.2, 0) is 4.74 Å². The molecule has 0 spiro atoms. The summed E-state index contributed by atoms with van der Waals surface area (Å²) in [4.78, 5) is 11.1. The Kier molecular flexibility index (Phi) is 4.97. The summed E-state index contributed by atoms with van der Waals surface area (Å²) < 4.78 is 10.8. The van der Waals surface area contributed by atoms with Crippen LogP contribution in [0.4, 0.5) is 0 Å². The van der Waals surface area contributed by atoms with Gasteiger partial charge in [0.05, 0.1) is 11.7 Å². The lowest BCUT2D eigenvalue weighted by molar-refractivity contribution is 0.0401. The summed E-state index contributed by atoms with van der Waals surface area (Å²) in [5.74, 6) is 0.301. The van der Waals surface area contributed by atoms with E-state index in [9.17, 15) is 9.90 Å². The SMILES string of the molecule is CCOC(C)COc1ccc(C(C)=O)c(O)c1. The highest BCUT2D eigenvalue weighted by molar-refractivity contribution is 5.96. The minimum atomic E-state index is -0.170. The molecule has 4 heteroatoms. The van der Waals surface area contributed by atoms with Crippen LogP contribution in [0.3, 0.4) is 0 Å². The third-order valence-electron chi connectivity index (χ3n) is 2.28. The maximum absolute atomic E-state index is 11.1. The monoisotopic (exact) mass is 238 g/mol. The molecule has 1 aromatic carbocycles. The molecular formula is C13H18O4. The number of rotatable bonds is 6. The van der Waals surface area contributed by atoms with Crippen molar-refractivity contribution in [3.8, 4) is 11.5 Å². The Morgan fingerprint density at radius 1 is 1.47 bits per heavy atom. The summed E-state index contributed by atoms with van der Waals surface area (Å²) in [6.45, 7) is 6.29. The highest BCUT2D eigenvalue weighted by Crippen LogP contribution is 2.24. The van der Waals surface area contributed by atoms with Gasteiger partial charge in [-0.25, -0.2) is 0 Å². The lowest BCUT2D eigenvalue weighted by Crippen LogP contribution is -2.17.